The average Bonchev–Trinajstić information content (AvgIpc) is 2.60. The summed E-state index contributed by atoms with van der Waals surface area (Å²) in [5.74, 6) is -2.12. The van der Waals surface area contributed by atoms with Crippen LogP contribution in [0.15, 0.2) is 12.2 Å². The van der Waals surface area contributed by atoms with Crippen LogP contribution in [0.4, 0.5) is 0 Å². The van der Waals surface area contributed by atoms with Crippen molar-refractivity contribution >= 4 is 22.1 Å². The first kappa shape index (κ1) is 29.8. The molecule has 0 radical (unpaired) electrons. The molecule has 0 aliphatic carbocycles. The van der Waals surface area contributed by atoms with Gasteiger partial charge in [-0.05, 0) is 13.3 Å². The summed E-state index contributed by atoms with van der Waals surface area (Å²) >= 11 is 0. The van der Waals surface area contributed by atoms with Crippen LogP contribution in [0.3, 0.4) is 0 Å². The van der Waals surface area contributed by atoms with Crippen LogP contribution in [0.25, 0.3) is 0 Å². The van der Waals surface area contributed by atoms with E-state index in [2.05, 4.69) is 6.92 Å². The monoisotopic (exact) mass is 428 g/mol. The van der Waals surface area contributed by atoms with Crippen LogP contribution in [0.1, 0.15) is 78.1 Å². The van der Waals surface area contributed by atoms with Gasteiger partial charge >= 0.3 is 41.5 Å². The Balaban J connectivity index is 0. The van der Waals surface area contributed by atoms with E-state index >= 15 is 0 Å². The molecule has 0 spiro atoms. The summed E-state index contributed by atoms with van der Waals surface area (Å²) < 4.78 is 43.3. The number of carbonyl (C=O) groups is 2. The molecule has 0 aromatic rings. The fourth-order valence-corrected chi connectivity index (χ4v) is 3.07. The smallest absolute Gasteiger partial charge is 0.747 e. The van der Waals surface area contributed by atoms with E-state index in [0.29, 0.717) is 6.42 Å². The summed E-state index contributed by atoms with van der Waals surface area (Å²) in [5, 5.41) is -2.06. The number of unbranched alkanes of at least 4 members (excludes halogenated alkanes) is 8. The quantitative estimate of drug-likeness (QED) is 0.116. The summed E-state index contributed by atoms with van der Waals surface area (Å²) in [7, 11) is -5.00. The second-order valence-corrected chi connectivity index (χ2v) is 7.99. The number of ether oxygens (including phenoxy) is 2. The van der Waals surface area contributed by atoms with Gasteiger partial charge in [-0.25, -0.2) is 8.42 Å². The van der Waals surface area contributed by atoms with Crippen LogP contribution >= 0.6 is 0 Å². The van der Waals surface area contributed by atoms with Gasteiger partial charge in [-0.2, -0.15) is 0 Å². The Bertz CT molecular complexity index is 546. The standard InChI is InChI=1S/C19H34O7S.Na/c1-3-5-7-8-9-10-11-12-13-15-26-19(21)17(27(22,23)24)16-18(20)25-14-6-4-2;/h4,6,17H,3,5,7-16H2,1-2H3,(H,22,23,24);/q;+1/p-1/b6-4+;. The van der Waals surface area contributed by atoms with Gasteiger partial charge in [0.05, 0.1) is 13.0 Å². The molecule has 0 heterocycles. The Kier molecular flexibility index (Phi) is 19.8. The van der Waals surface area contributed by atoms with E-state index in [-0.39, 0.29) is 42.8 Å². The minimum atomic E-state index is -5.00. The molecule has 0 aliphatic heterocycles. The number of hydrogen-bond donors (Lipinski definition) is 0. The number of carbonyl (C=O) groups excluding carboxylic acids is 2. The van der Waals surface area contributed by atoms with Gasteiger partial charge in [0.25, 0.3) is 0 Å². The van der Waals surface area contributed by atoms with Crippen molar-refractivity contribution in [3.8, 4) is 0 Å². The van der Waals surface area contributed by atoms with Gasteiger partial charge in [-0.3, -0.25) is 9.59 Å². The molecule has 0 N–H and O–H groups in total. The normalized spacial score (nSPS) is 12.4. The van der Waals surface area contributed by atoms with Gasteiger partial charge in [-0.1, -0.05) is 70.4 Å². The van der Waals surface area contributed by atoms with Gasteiger partial charge in [0.15, 0.2) is 5.25 Å². The predicted molar refractivity (Wildman–Crippen MR) is 102 cm³/mol. The molecule has 0 amide bonds. The Morgan fingerprint density at radius 1 is 0.964 bits per heavy atom. The zero-order valence-corrected chi connectivity index (χ0v) is 20.3. The van der Waals surface area contributed by atoms with E-state index in [0.717, 1.165) is 19.3 Å². The Hall–Kier alpha value is -0.410. The third-order valence-corrected chi connectivity index (χ3v) is 5.09. The summed E-state index contributed by atoms with van der Waals surface area (Å²) in [5.41, 5.74) is 0. The number of hydrogen-bond acceptors (Lipinski definition) is 7. The molecular weight excluding hydrogens is 395 g/mol. The van der Waals surface area contributed by atoms with Gasteiger partial charge in [0.2, 0.25) is 0 Å². The number of rotatable bonds is 16. The van der Waals surface area contributed by atoms with Crippen molar-refractivity contribution in [3.63, 3.8) is 0 Å². The fraction of sp³-hybridized carbons (Fsp3) is 0.789. The molecule has 0 aromatic heterocycles. The third-order valence-electron chi connectivity index (χ3n) is 4.03. The maximum atomic E-state index is 11.9. The van der Waals surface area contributed by atoms with E-state index in [1.54, 1.807) is 19.1 Å². The molecule has 28 heavy (non-hydrogen) atoms. The fourth-order valence-electron chi connectivity index (χ4n) is 2.43. The second-order valence-electron chi connectivity index (χ2n) is 6.43. The van der Waals surface area contributed by atoms with Gasteiger partial charge < -0.3 is 14.0 Å². The first-order valence-electron chi connectivity index (χ1n) is 9.71. The SMILES string of the molecule is C/C=C/COC(=O)CC(C(=O)OCCCCCCCCCCC)S(=O)(=O)[O-].[Na+]. The molecule has 1 unspecified atom stereocenters. The van der Waals surface area contributed by atoms with E-state index in [1.807, 2.05) is 0 Å². The molecule has 7 nitrogen and oxygen atoms in total. The van der Waals surface area contributed by atoms with E-state index in [1.165, 1.54) is 32.1 Å². The molecule has 158 valence electrons. The molecule has 9 heteroatoms. The van der Waals surface area contributed by atoms with Crippen LogP contribution in [0.2, 0.25) is 0 Å². The van der Waals surface area contributed by atoms with Crippen molar-refractivity contribution in [2.24, 2.45) is 0 Å². The zero-order valence-electron chi connectivity index (χ0n) is 17.5. The molecule has 0 aliphatic rings. The minimum absolute atomic E-state index is 0. The van der Waals surface area contributed by atoms with Crippen molar-refractivity contribution in [3.05, 3.63) is 12.2 Å². The van der Waals surface area contributed by atoms with Crippen molar-refractivity contribution in [2.45, 2.75) is 83.3 Å². The Labute approximate surface area is 191 Å². The van der Waals surface area contributed by atoms with Gasteiger partial charge in [-0.15, -0.1) is 0 Å². The third kappa shape index (κ3) is 16.5. The molecule has 1 atom stereocenters. The summed E-state index contributed by atoms with van der Waals surface area (Å²) in [6, 6.07) is 0. The van der Waals surface area contributed by atoms with Crippen LogP contribution in [-0.4, -0.2) is 43.4 Å². The van der Waals surface area contributed by atoms with Crippen molar-refractivity contribution < 1.29 is 61.6 Å². The maximum absolute atomic E-state index is 11.9. The maximum Gasteiger partial charge on any atom is 1.00 e. The number of esters is 2. The summed E-state index contributed by atoms with van der Waals surface area (Å²) in [4.78, 5) is 23.4. The van der Waals surface area contributed by atoms with Crippen molar-refractivity contribution in [1.29, 1.82) is 0 Å². The molecule has 0 saturated heterocycles. The summed E-state index contributed by atoms with van der Waals surface area (Å²) in [6.45, 7) is 3.89. The van der Waals surface area contributed by atoms with Crippen molar-refractivity contribution in [1.82, 2.24) is 0 Å². The van der Waals surface area contributed by atoms with E-state index in [4.69, 9.17) is 9.47 Å². The van der Waals surface area contributed by atoms with Crippen LogP contribution in [0, 0.1) is 0 Å². The van der Waals surface area contributed by atoms with Crippen LogP contribution in [-0.2, 0) is 29.2 Å². The van der Waals surface area contributed by atoms with Crippen molar-refractivity contribution in [2.75, 3.05) is 13.2 Å². The second kappa shape index (κ2) is 18.6. The topological polar surface area (TPSA) is 110 Å². The van der Waals surface area contributed by atoms with Crippen LogP contribution in [0.5, 0.6) is 0 Å². The molecule has 0 rings (SSSR count). The van der Waals surface area contributed by atoms with Crippen LogP contribution < -0.4 is 29.6 Å². The van der Waals surface area contributed by atoms with E-state index < -0.39 is 33.7 Å². The molecule has 0 fully saturated rings. The number of allylic oxidation sites excluding steroid dienone is 1. The van der Waals surface area contributed by atoms with Gasteiger partial charge in [0.1, 0.15) is 16.7 Å². The first-order chi connectivity index (χ1) is 12.8. The first-order valence-corrected chi connectivity index (χ1v) is 11.2. The van der Waals surface area contributed by atoms with Gasteiger partial charge in [0, 0.05) is 0 Å². The molecule has 0 saturated carbocycles. The Morgan fingerprint density at radius 2 is 1.50 bits per heavy atom. The molecular formula is C19H33NaO7S. The molecule has 0 bridgehead atoms. The largest absolute Gasteiger partial charge is 1.00 e. The average molecular weight is 429 g/mol. The summed E-state index contributed by atoms with van der Waals surface area (Å²) in [6.07, 6.45) is 12.1. The zero-order chi connectivity index (χ0) is 20.5. The van der Waals surface area contributed by atoms with E-state index in [9.17, 15) is 22.6 Å². The minimum Gasteiger partial charge on any atom is -0.747 e. The predicted octanol–water partition coefficient (Wildman–Crippen LogP) is 0.488. The molecule has 0 aromatic carbocycles. The Morgan fingerprint density at radius 3 is 2.00 bits per heavy atom.